The van der Waals surface area contributed by atoms with Crippen LogP contribution in [0.15, 0.2) is 46.9 Å². The van der Waals surface area contributed by atoms with Crippen molar-refractivity contribution in [2.45, 2.75) is 43.3 Å². The Bertz CT molecular complexity index is 540. The molecule has 2 bridgehead atoms. The Morgan fingerprint density at radius 3 is 2.85 bits per heavy atom. The molecule has 1 fully saturated rings. The molecule has 0 saturated carbocycles. The maximum atomic E-state index is 12.5. The summed E-state index contributed by atoms with van der Waals surface area (Å²) in [6.07, 6.45) is 4.25. The molecule has 1 aliphatic heterocycles. The van der Waals surface area contributed by atoms with Gasteiger partial charge in [0.25, 0.3) is 0 Å². The second-order valence-corrected chi connectivity index (χ2v) is 7.35. The first kappa shape index (κ1) is 14.0. The molecule has 0 radical (unpaired) electrons. The molecular weight excluding hydrogens is 272 g/mol. The molecule has 20 heavy (non-hydrogen) atoms. The van der Waals surface area contributed by atoms with Gasteiger partial charge in [-0.2, -0.15) is 0 Å². The lowest BCUT2D eigenvalue weighted by atomic mass is 9.77. The van der Waals surface area contributed by atoms with Gasteiger partial charge in [-0.3, -0.25) is 4.21 Å². The van der Waals surface area contributed by atoms with Crippen LogP contribution in [-0.2, 0) is 20.6 Å². The molecule has 3 nitrogen and oxygen atoms in total. The van der Waals surface area contributed by atoms with Crippen molar-refractivity contribution in [1.82, 2.24) is 0 Å². The number of rotatable bonds is 3. The molecule has 1 saturated heterocycles. The molecule has 0 aromatic heterocycles. The van der Waals surface area contributed by atoms with Crippen molar-refractivity contribution in [2.24, 2.45) is 5.92 Å². The fourth-order valence-electron chi connectivity index (χ4n) is 2.91. The van der Waals surface area contributed by atoms with E-state index in [9.17, 15) is 4.21 Å². The van der Waals surface area contributed by atoms with Gasteiger partial charge >= 0.3 is 0 Å². The van der Waals surface area contributed by atoms with Crippen LogP contribution in [0.4, 0.5) is 0 Å². The predicted octanol–water partition coefficient (Wildman–Crippen LogP) is 3.24. The minimum Gasteiger partial charge on any atom is -0.254 e. The molecule has 0 amide bonds. The maximum Gasteiger partial charge on any atom is 0.116 e. The van der Waals surface area contributed by atoms with E-state index in [0.717, 1.165) is 17.7 Å². The van der Waals surface area contributed by atoms with Crippen molar-refractivity contribution >= 4 is 10.8 Å². The molecule has 4 heteroatoms. The summed E-state index contributed by atoms with van der Waals surface area (Å²) in [5.41, 5.74) is 0.765. The summed E-state index contributed by atoms with van der Waals surface area (Å²) in [6, 6.07) is 9.56. The molecule has 1 aromatic rings. The van der Waals surface area contributed by atoms with E-state index in [2.05, 4.69) is 13.0 Å². The zero-order valence-electron chi connectivity index (χ0n) is 11.9. The molecule has 1 aromatic carbocycles. The molecule has 108 valence electrons. The Labute approximate surface area is 122 Å². The molecule has 0 N–H and O–H groups in total. The van der Waals surface area contributed by atoms with Gasteiger partial charge in [-0.25, -0.2) is 9.78 Å². The van der Waals surface area contributed by atoms with Crippen LogP contribution in [-0.4, -0.2) is 21.7 Å². The van der Waals surface area contributed by atoms with Gasteiger partial charge in [-0.05, 0) is 50.3 Å². The largest absolute Gasteiger partial charge is 0.254 e. The second-order valence-electron chi connectivity index (χ2n) is 5.90. The van der Waals surface area contributed by atoms with Crippen LogP contribution in [0.3, 0.4) is 0 Å². The van der Waals surface area contributed by atoms with E-state index in [0.29, 0.717) is 11.7 Å². The minimum atomic E-state index is -1.06. The highest BCUT2D eigenvalue weighted by Crippen LogP contribution is 2.41. The van der Waals surface area contributed by atoms with Gasteiger partial charge in [-0.1, -0.05) is 24.3 Å². The van der Waals surface area contributed by atoms with Gasteiger partial charge < -0.3 is 0 Å². The van der Waals surface area contributed by atoms with Crippen molar-refractivity contribution in [3.05, 3.63) is 42.0 Å². The lowest BCUT2D eigenvalue weighted by Crippen LogP contribution is -2.50. The van der Waals surface area contributed by atoms with Crippen molar-refractivity contribution in [1.29, 1.82) is 0 Å². The van der Waals surface area contributed by atoms with Crippen LogP contribution >= 0.6 is 0 Å². The van der Waals surface area contributed by atoms with Crippen LogP contribution < -0.4 is 0 Å². The third-order valence-corrected chi connectivity index (χ3v) is 6.01. The minimum absolute atomic E-state index is 0.0759. The van der Waals surface area contributed by atoms with Crippen LogP contribution in [0.1, 0.15) is 26.7 Å². The van der Waals surface area contributed by atoms with Crippen molar-refractivity contribution in [2.75, 3.05) is 5.75 Å². The van der Waals surface area contributed by atoms with Crippen molar-refractivity contribution in [3.8, 4) is 0 Å². The zero-order chi connectivity index (χ0) is 14.2. The Hall–Kier alpha value is -0.970. The van der Waals surface area contributed by atoms with Crippen molar-refractivity contribution in [3.63, 3.8) is 0 Å². The fourth-order valence-corrected chi connectivity index (χ4v) is 4.34. The SMILES string of the molecule is CC1=CC[C@H]2C[C@@H]1OO[C@]2(C)CS(=O)c1ccccc1. The molecular formula is C16H20O3S. The second kappa shape index (κ2) is 5.43. The predicted molar refractivity (Wildman–Crippen MR) is 78.6 cm³/mol. The normalized spacial score (nSPS) is 34.4. The van der Waals surface area contributed by atoms with Gasteiger partial charge in [0.05, 0.1) is 16.6 Å². The standard InChI is InChI=1S/C16H20O3S/c1-12-8-9-13-10-15(12)18-19-16(13,2)11-20(17)14-6-4-3-5-7-14/h3-8,13,15H,9-11H2,1-2H3/t13-,15-,16+,20?/m0/s1. The number of hydrogen-bond acceptors (Lipinski definition) is 3. The summed E-state index contributed by atoms with van der Waals surface area (Å²) in [5, 5.41) is 0. The molecule has 3 rings (SSSR count). The number of fused-ring (bicyclic) bond motifs is 2. The van der Waals surface area contributed by atoms with Gasteiger partial charge in [0.1, 0.15) is 11.7 Å². The third-order valence-electron chi connectivity index (χ3n) is 4.37. The summed E-state index contributed by atoms with van der Waals surface area (Å²) < 4.78 is 12.5. The van der Waals surface area contributed by atoms with Crippen molar-refractivity contribution < 1.29 is 14.0 Å². The van der Waals surface area contributed by atoms with Crippen LogP contribution in [0, 0.1) is 5.92 Å². The highest BCUT2D eigenvalue weighted by Gasteiger charge is 2.45. The summed E-state index contributed by atoms with van der Waals surface area (Å²) >= 11 is 0. The van der Waals surface area contributed by atoms with Gasteiger partial charge in [0.2, 0.25) is 0 Å². The van der Waals surface area contributed by atoms with Crippen LogP contribution in [0.5, 0.6) is 0 Å². The number of hydrogen-bond donors (Lipinski definition) is 0. The summed E-state index contributed by atoms with van der Waals surface area (Å²) in [4.78, 5) is 12.0. The maximum absolute atomic E-state index is 12.5. The van der Waals surface area contributed by atoms with E-state index in [1.807, 2.05) is 37.3 Å². The summed E-state index contributed by atoms with van der Waals surface area (Å²) in [5.74, 6) is 0.846. The van der Waals surface area contributed by atoms with Gasteiger partial charge in [0.15, 0.2) is 0 Å². The van der Waals surface area contributed by atoms with E-state index < -0.39 is 16.4 Å². The third kappa shape index (κ3) is 2.60. The topological polar surface area (TPSA) is 35.5 Å². The van der Waals surface area contributed by atoms with Gasteiger partial charge in [-0.15, -0.1) is 0 Å². The molecule has 1 heterocycles. The average Bonchev–Trinajstić information content (AvgIpc) is 2.47. The van der Waals surface area contributed by atoms with Crippen LogP contribution in [0.2, 0.25) is 0 Å². The quantitative estimate of drug-likeness (QED) is 0.634. The van der Waals surface area contributed by atoms with Gasteiger partial charge in [0, 0.05) is 4.90 Å². The fraction of sp³-hybridized carbons (Fsp3) is 0.500. The Balaban J connectivity index is 1.75. The van der Waals surface area contributed by atoms with E-state index in [1.54, 1.807) is 0 Å². The smallest absolute Gasteiger partial charge is 0.116 e. The van der Waals surface area contributed by atoms with Crippen LogP contribution in [0.25, 0.3) is 0 Å². The van der Waals surface area contributed by atoms with E-state index in [1.165, 1.54) is 5.57 Å². The lowest BCUT2D eigenvalue weighted by Gasteiger charge is -2.44. The molecule has 0 spiro atoms. The number of allylic oxidation sites excluding steroid dienone is 1. The van der Waals surface area contributed by atoms with E-state index >= 15 is 0 Å². The first-order valence-electron chi connectivity index (χ1n) is 7.03. The van der Waals surface area contributed by atoms with E-state index in [-0.39, 0.29) is 6.10 Å². The monoisotopic (exact) mass is 292 g/mol. The number of benzene rings is 1. The Morgan fingerprint density at radius 1 is 1.35 bits per heavy atom. The highest BCUT2D eigenvalue weighted by atomic mass is 32.2. The zero-order valence-corrected chi connectivity index (χ0v) is 12.7. The lowest BCUT2D eigenvalue weighted by molar-refractivity contribution is -0.408. The molecule has 1 unspecified atom stereocenters. The first-order chi connectivity index (χ1) is 9.58. The average molecular weight is 292 g/mol. The van der Waals surface area contributed by atoms with E-state index in [4.69, 9.17) is 9.78 Å². The Kier molecular flexibility index (Phi) is 3.80. The molecule has 1 aliphatic carbocycles. The summed E-state index contributed by atoms with van der Waals surface area (Å²) in [6.45, 7) is 4.10. The highest BCUT2D eigenvalue weighted by molar-refractivity contribution is 7.85. The summed E-state index contributed by atoms with van der Waals surface area (Å²) in [7, 11) is -1.06. The molecule has 2 aliphatic rings. The Morgan fingerprint density at radius 2 is 2.10 bits per heavy atom. The first-order valence-corrected chi connectivity index (χ1v) is 8.35. The molecule has 4 atom stereocenters.